The highest BCUT2D eigenvalue weighted by Crippen LogP contribution is 2.45. The number of aryl methyl sites for hydroxylation is 4. The Balaban J connectivity index is 1.54. The smallest absolute Gasteiger partial charge is 0.0731 e. The van der Waals surface area contributed by atoms with Crippen molar-refractivity contribution in [1.29, 1.82) is 0 Å². The number of hydrogen-bond donors (Lipinski definition) is 0. The van der Waals surface area contributed by atoms with Crippen LogP contribution in [-0.2, 0) is 0 Å². The molecule has 0 bridgehead atoms. The summed E-state index contributed by atoms with van der Waals surface area (Å²) >= 11 is 0. The van der Waals surface area contributed by atoms with Crippen LogP contribution in [0.4, 0.5) is 0 Å². The number of benzene rings is 5. The largest absolute Gasteiger partial charge is 0.256 e. The minimum absolute atomic E-state index is 1.02. The van der Waals surface area contributed by atoms with Gasteiger partial charge in [-0.2, -0.15) is 0 Å². The van der Waals surface area contributed by atoms with Gasteiger partial charge in [0.25, 0.3) is 0 Å². The first-order chi connectivity index (χ1) is 22.5. The normalized spacial score (nSPS) is 11.0. The average molecular weight is 593 g/mol. The molecule has 0 spiro atoms. The summed E-state index contributed by atoms with van der Waals surface area (Å²) in [6, 6.07) is 48.1. The van der Waals surface area contributed by atoms with Crippen molar-refractivity contribution in [2.45, 2.75) is 27.7 Å². The summed E-state index contributed by atoms with van der Waals surface area (Å²) in [5, 5.41) is 0. The molecule has 7 rings (SSSR count). The zero-order valence-corrected chi connectivity index (χ0v) is 26.8. The van der Waals surface area contributed by atoms with Gasteiger partial charge in [-0.15, -0.1) is 0 Å². The lowest BCUT2D eigenvalue weighted by atomic mass is 9.83. The van der Waals surface area contributed by atoms with E-state index in [0.717, 1.165) is 22.5 Å². The van der Waals surface area contributed by atoms with Gasteiger partial charge >= 0.3 is 0 Å². The van der Waals surface area contributed by atoms with Gasteiger partial charge in [0.1, 0.15) is 0 Å². The minimum atomic E-state index is 1.02. The second kappa shape index (κ2) is 12.4. The number of hydrogen-bond acceptors (Lipinski definition) is 2. The maximum atomic E-state index is 4.76. The summed E-state index contributed by atoms with van der Waals surface area (Å²) in [5.41, 5.74) is 18.7. The molecule has 0 saturated heterocycles. The average Bonchev–Trinajstić information content (AvgIpc) is 3.10. The van der Waals surface area contributed by atoms with Gasteiger partial charge in [0.2, 0.25) is 0 Å². The Morgan fingerprint density at radius 2 is 0.717 bits per heavy atom. The first kappa shape index (κ1) is 29.1. The quantitative estimate of drug-likeness (QED) is 0.192. The SMILES string of the molecule is Cc1ccc(-c2ncccc2C)cc1-c1cc(-c2ccccc2)c(-c2cc(-c3ncccc3C)ccc2C)cc1-c1ccccc1. The van der Waals surface area contributed by atoms with Gasteiger partial charge in [-0.3, -0.25) is 9.97 Å². The van der Waals surface area contributed by atoms with Crippen molar-refractivity contribution in [3.8, 4) is 67.0 Å². The molecule has 0 aliphatic heterocycles. The van der Waals surface area contributed by atoms with Crippen molar-refractivity contribution in [2.24, 2.45) is 0 Å². The molecule has 0 saturated carbocycles. The summed E-state index contributed by atoms with van der Waals surface area (Å²) < 4.78 is 0. The molecule has 0 fully saturated rings. The lowest BCUT2D eigenvalue weighted by Crippen LogP contribution is -1.96. The van der Waals surface area contributed by atoms with Crippen molar-refractivity contribution >= 4 is 0 Å². The van der Waals surface area contributed by atoms with Crippen LogP contribution in [0.2, 0.25) is 0 Å². The Labute approximate surface area is 272 Å². The third-order valence-electron chi connectivity index (χ3n) is 8.95. The van der Waals surface area contributed by atoms with Gasteiger partial charge in [0.05, 0.1) is 11.4 Å². The van der Waals surface area contributed by atoms with E-state index in [1.54, 1.807) is 0 Å². The van der Waals surface area contributed by atoms with Crippen LogP contribution in [0.15, 0.2) is 146 Å². The highest BCUT2D eigenvalue weighted by atomic mass is 14.7. The fraction of sp³-hybridized carbons (Fsp3) is 0.0909. The molecule has 0 radical (unpaired) electrons. The van der Waals surface area contributed by atoms with Crippen molar-refractivity contribution in [3.63, 3.8) is 0 Å². The van der Waals surface area contributed by atoms with Crippen LogP contribution in [0, 0.1) is 27.7 Å². The molecule has 2 heteroatoms. The van der Waals surface area contributed by atoms with Gasteiger partial charge in [-0.25, -0.2) is 0 Å². The second-order valence-electron chi connectivity index (χ2n) is 12.1. The molecule has 222 valence electrons. The third-order valence-corrected chi connectivity index (χ3v) is 8.95. The Bertz CT molecular complexity index is 2020. The van der Waals surface area contributed by atoms with E-state index in [0.29, 0.717) is 0 Å². The van der Waals surface area contributed by atoms with Gasteiger partial charge in [0.15, 0.2) is 0 Å². The number of nitrogens with zero attached hydrogens (tertiary/aromatic N) is 2. The van der Waals surface area contributed by atoms with E-state index in [-0.39, 0.29) is 0 Å². The molecule has 0 amide bonds. The lowest BCUT2D eigenvalue weighted by Gasteiger charge is -2.21. The molecular weight excluding hydrogens is 556 g/mol. The molecule has 2 aromatic heterocycles. The van der Waals surface area contributed by atoms with E-state index >= 15 is 0 Å². The van der Waals surface area contributed by atoms with Crippen LogP contribution in [-0.4, -0.2) is 9.97 Å². The Hall–Kier alpha value is -5.60. The predicted octanol–water partition coefficient (Wildman–Crippen LogP) is 11.7. The van der Waals surface area contributed by atoms with E-state index < -0.39 is 0 Å². The fourth-order valence-electron chi connectivity index (χ4n) is 6.45. The number of rotatable bonds is 6. The topological polar surface area (TPSA) is 25.8 Å². The third kappa shape index (κ3) is 5.55. The van der Waals surface area contributed by atoms with Crippen LogP contribution in [0.5, 0.6) is 0 Å². The van der Waals surface area contributed by atoms with Gasteiger partial charge < -0.3 is 0 Å². The van der Waals surface area contributed by atoms with Crippen molar-refractivity contribution < 1.29 is 0 Å². The van der Waals surface area contributed by atoms with Crippen molar-refractivity contribution in [3.05, 3.63) is 168 Å². The highest BCUT2D eigenvalue weighted by Gasteiger charge is 2.19. The molecule has 2 heterocycles. The standard InChI is InChI=1S/C44H36N2/c1-29-19-21-35(43-31(3)13-11-23-45-43)25-37(29)41-27-40(34-17-9-6-10-18-34)42(28-39(41)33-15-7-5-8-16-33)38-26-36(22-20-30(38)2)44-32(4)14-12-24-46-44/h5-28H,1-4H3. The summed E-state index contributed by atoms with van der Waals surface area (Å²) in [7, 11) is 0. The summed E-state index contributed by atoms with van der Waals surface area (Å²) in [6.07, 6.45) is 3.75. The number of pyridine rings is 2. The van der Waals surface area contributed by atoms with Crippen LogP contribution in [0.3, 0.4) is 0 Å². The monoisotopic (exact) mass is 592 g/mol. The molecule has 0 atom stereocenters. The van der Waals surface area contributed by atoms with Gasteiger partial charge in [0, 0.05) is 23.5 Å². The molecule has 0 N–H and O–H groups in total. The van der Waals surface area contributed by atoms with Crippen LogP contribution in [0.25, 0.3) is 67.0 Å². The second-order valence-corrected chi connectivity index (χ2v) is 12.1. The maximum absolute atomic E-state index is 4.76. The van der Waals surface area contributed by atoms with E-state index in [1.165, 1.54) is 66.8 Å². The molecule has 0 aliphatic rings. The number of aromatic nitrogens is 2. The summed E-state index contributed by atoms with van der Waals surface area (Å²) in [4.78, 5) is 9.51. The zero-order chi connectivity index (χ0) is 31.6. The summed E-state index contributed by atoms with van der Waals surface area (Å²) in [6.45, 7) is 8.67. The van der Waals surface area contributed by atoms with E-state index in [9.17, 15) is 0 Å². The molecule has 5 aromatic carbocycles. The molecule has 46 heavy (non-hydrogen) atoms. The maximum Gasteiger partial charge on any atom is 0.0731 e. The highest BCUT2D eigenvalue weighted by molar-refractivity contribution is 5.97. The minimum Gasteiger partial charge on any atom is -0.256 e. The van der Waals surface area contributed by atoms with E-state index in [1.807, 2.05) is 24.5 Å². The van der Waals surface area contributed by atoms with Crippen molar-refractivity contribution in [1.82, 2.24) is 9.97 Å². The van der Waals surface area contributed by atoms with Crippen molar-refractivity contribution in [2.75, 3.05) is 0 Å². The molecule has 7 aromatic rings. The first-order valence-corrected chi connectivity index (χ1v) is 15.8. The molecule has 0 aliphatic carbocycles. The zero-order valence-electron chi connectivity index (χ0n) is 26.8. The van der Waals surface area contributed by atoms with E-state index in [4.69, 9.17) is 9.97 Å². The van der Waals surface area contributed by atoms with Gasteiger partial charge in [-0.05, 0) is 131 Å². The first-order valence-electron chi connectivity index (χ1n) is 15.8. The summed E-state index contributed by atoms with van der Waals surface area (Å²) in [5.74, 6) is 0. The molecule has 2 nitrogen and oxygen atoms in total. The van der Waals surface area contributed by atoms with Crippen LogP contribution in [0.1, 0.15) is 22.3 Å². The lowest BCUT2D eigenvalue weighted by molar-refractivity contribution is 1.27. The Kier molecular flexibility index (Phi) is 7.86. The molecule has 0 unspecified atom stereocenters. The van der Waals surface area contributed by atoms with Crippen LogP contribution < -0.4 is 0 Å². The predicted molar refractivity (Wildman–Crippen MR) is 194 cm³/mol. The van der Waals surface area contributed by atoms with E-state index in [2.05, 4.69) is 149 Å². The fourth-order valence-corrected chi connectivity index (χ4v) is 6.45. The molecular formula is C44H36N2. The Morgan fingerprint density at radius 1 is 0.304 bits per heavy atom. The van der Waals surface area contributed by atoms with Gasteiger partial charge in [-0.1, -0.05) is 97.1 Å². The Morgan fingerprint density at radius 3 is 1.11 bits per heavy atom. The van der Waals surface area contributed by atoms with Crippen LogP contribution >= 0.6 is 0 Å².